The Kier molecular flexibility index (Phi) is 5.10. The van der Waals surface area contributed by atoms with Crippen molar-refractivity contribution in [3.8, 4) is 11.5 Å². The van der Waals surface area contributed by atoms with Gasteiger partial charge in [-0.05, 0) is 32.6 Å². The maximum atomic E-state index is 5.61. The summed E-state index contributed by atoms with van der Waals surface area (Å²) in [7, 11) is 6.09. The lowest BCUT2D eigenvalue weighted by molar-refractivity contribution is 0.111. The number of methoxy groups -OCH3 is 1. The van der Waals surface area contributed by atoms with Crippen LogP contribution in [-0.4, -0.2) is 61.2 Å². The molecule has 5 nitrogen and oxygen atoms in total. The number of aromatic nitrogens is 1. The Morgan fingerprint density at radius 2 is 2.13 bits per heavy atom. The number of hydrogen-bond donors (Lipinski definition) is 0. The topological polar surface area (TPSA) is 41.7 Å². The number of benzene rings is 1. The predicted octanol–water partition coefficient (Wildman–Crippen LogP) is 2.49. The standard InChI is InChI=1S/C18H25N3O2/c1-20(11-16-9-17(22-3)12-21(16)2)10-15-13-23-18(19-15)14-7-5-4-6-8-14/h4-8,13,16-17H,9-12H2,1-3H3/t16-,17-/m0/s1. The van der Waals surface area contributed by atoms with E-state index < -0.39 is 0 Å². The summed E-state index contributed by atoms with van der Waals surface area (Å²) >= 11 is 0. The molecule has 1 aromatic carbocycles. The van der Waals surface area contributed by atoms with Gasteiger partial charge in [0.05, 0.1) is 11.8 Å². The zero-order chi connectivity index (χ0) is 16.2. The quantitative estimate of drug-likeness (QED) is 0.819. The second-order valence-electron chi connectivity index (χ2n) is 6.39. The highest BCUT2D eigenvalue weighted by atomic mass is 16.5. The number of nitrogens with zero attached hydrogens (tertiary/aromatic N) is 3. The minimum Gasteiger partial charge on any atom is -0.444 e. The van der Waals surface area contributed by atoms with Crippen LogP contribution in [0.1, 0.15) is 12.1 Å². The van der Waals surface area contributed by atoms with Crippen molar-refractivity contribution in [3.63, 3.8) is 0 Å². The molecular formula is C18H25N3O2. The van der Waals surface area contributed by atoms with Gasteiger partial charge in [-0.3, -0.25) is 9.80 Å². The van der Waals surface area contributed by atoms with Gasteiger partial charge in [-0.15, -0.1) is 0 Å². The fourth-order valence-electron chi connectivity index (χ4n) is 3.21. The van der Waals surface area contributed by atoms with E-state index in [1.54, 1.807) is 13.4 Å². The largest absolute Gasteiger partial charge is 0.444 e. The predicted molar refractivity (Wildman–Crippen MR) is 90.1 cm³/mol. The lowest BCUT2D eigenvalue weighted by Crippen LogP contribution is -2.36. The molecule has 2 aromatic rings. The minimum absolute atomic E-state index is 0.357. The van der Waals surface area contributed by atoms with Gasteiger partial charge in [-0.2, -0.15) is 0 Å². The van der Waals surface area contributed by atoms with Crippen molar-refractivity contribution in [3.05, 3.63) is 42.3 Å². The van der Waals surface area contributed by atoms with E-state index in [1.165, 1.54) is 0 Å². The Morgan fingerprint density at radius 3 is 2.83 bits per heavy atom. The van der Waals surface area contributed by atoms with Crippen molar-refractivity contribution in [1.82, 2.24) is 14.8 Å². The molecule has 0 radical (unpaired) electrons. The van der Waals surface area contributed by atoms with Gasteiger partial charge < -0.3 is 9.15 Å². The molecule has 3 rings (SSSR count). The van der Waals surface area contributed by atoms with E-state index >= 15 is 0 Å². The van der Waals surface area contributed by atoms with Crippen LogP contribution in [0.3, 0.4) is 0 Å². The zero-order valence-corrected chi connectivity index (χ0v) is 14.1. The van der Waals surface area contributed by atoms with E-state index in [0.29, 0.717) is 18.0 Å². The van der Waals surface area contributed by atoms with Crippen LogP contribution in [0.5, 0.6) is 0 Å². The van der Waals surface area contributed by atoms with E-state index in [-0.39, 0.29) is 0 Å². The molecule has 0 bridgehead atoms. The lowest BCUT2D eigenvalue weighted by atomic mass is 10.2. The average molecular weight is 315 g/mol. The molecule has 0 amide bonds. The van der Waals surface area contributed by atoms with Crippen LogP contribution in [0.2, 0.25) is 0 Å². The first kappa shape index (κ1) is 16.2. The van der Waals surface area contributed by atoms with Gasteiger partial charge >= 0.3 is 0 Å². The Hall–Kier alpha value is -1.69. The van der Waals surface area contributed by atoms with E-state index in [0.717, 1.165) is 37.3 Å². The molecule has 5 heteroatoms. The highest BCUT2D eigenvalue weighted by molar-refractivity contribution is 5.52. The highest BCUT2D eigenvalue weighted by Gasteiger charge is 2.30. The molecule has 1 aromatic heterocycles. The first-order chi connectivity index (χ1) is 11.2. The summed E-state index contributed by atoms with van der Waals surface area (Å²) in [6.07, 6.45) is 3.20. The van der Waals surface area contributed by atoms with Gasteiger partial charge in [0.15, 0.2) is 0 Å². The number of likely N-dealkylation sites (N-methyl/N-ethyl adjacent to an activating group) is 2. The first-order valence-electron chi connectivity index (χ1n) is 8.07. The number of ether oxygens (including phenoxy) is 1. The van der Waals surface area contributed by atoms with Gasteiger partial charge in [0.25, 0.3) is 0 Å². The molecule has 124 valence electrons. The minimum atomic E-state index is 0.357. The third-order valence-corrected chi connectivity index (χ3v) is 4.51. The molecule has 0 N–H and O–H groups in total. The summed E-state index contributed by atoms with van der Waals surface area (Å²) in [5.41, 5.74) is 1.98. The van der Waals surface area contributed by atoms with Gasteiger partial charge in [0, 0.05) is 38.3 Å². The summed E-state index contributed by atoms with van der Waals surface area (Å²) in [6, 6.07) is 10.5. The third kappa shape index (κ3) is 3.99. The SMILES string of the molecule is CO[C@H]1C[C@@H](CN(C)Cc2coc(-c3ccccc3)n2)N(C)C1. The molecule has 0 aliphatic carbocycles. The van der Waals surface area contributed by atoms with Crippen LogP contribution in [0.4, 0.5) is 0 Å². The Balaban J connectivity index is 1.56. The Morgan fingerprint density at radius 1 is 1.35 bits per heavy atom. The normalized spacial score (nSPS) is 22.1. The maximum Gasteiger partial charge on any atom is 0.226 e. The van der Waals surface area contributed by atoms with Crippen LogP contribution >= 0.6 is 0 Å². The van der Waals surface area contributed by atoms with Crippen molar-refractivity contribution in [2.75, 3.05) is 34.3 Å². The van der Waals surface area contributed by atoms with E-state index in [1.807, 2.05) is 30.3 Å². The van der Waals surface area contributed by atoms with Gasteiger partial charge in [0.2, 0.25) is 5.89 Å². The van der Waals surface area contributed by atoms with Crippen LogP contribution < -0.4 is 0 Å². The number of rotatable bonds is 6. The first-order valence-corrected chi connectivity index (χ1v) is 8.07. The molecule has 0 unspecified atom stereocenters. The van der Waals surface area contributed by atoms with Gasteiger partial charge in [-0.1, -0.05) is 18.2 Å². The summed E-state index contributed by atoms with van der Waals surface area (Å²) in [6.45, 7) is 2.80. The zero-order valence-electron chi connectivity index (χ0n) is 14.1. The van der Waals surface area contributed by atoms with Crippen LogP contribution in [-0.2, 0) is 11.3 Å². The number of oxazole rings is 1. The fourth-order valence-corrected chi connectivity index (χ4v) is 3.21. The maximum absolute atomic E-state index is 5.61. The highest BCUT2D eigenvalue weighted by Crippen LogP contribution is 2.21. The molecule has 23 heavy (non-hydrogen) atoms. The average Bonchev–Trinajstić information content (AvgIpc) is 3.15. The van der Waals surface area contributed by atoms with Crippen molar-refractivity contribution in [1.29, 1.82) is 0 Å². The van der Waals surface area contributed by atoms with Crippen LogP contribution in [0.15, 0.2) is 41.0 Å². The number of likely N-dealkylation sites (tertiary alicyclic amines) is 1. The summed E-state index contributed by atoms with van der Waals surface area (Å²) < 4.78 is 11.1. The Bertz CT molecular complexity index is 614. The van der Waals surface area contributed by atoms with E-state index in [2.05, 4.69) is 28.9 Å². The molecule has 2 heterocycles. The molecule has 1 fully saturated rings. The second kappa shape index (κ2) is 7.25. The van der Waals surface area contributed by atoms with Gasteiger partial charge in [0.1, 0.15) is 6.26 Å². The van der Waals surface area contributed by atoms with Crippen LogP contribution in [0.25, 0.3) is 11.5 Å². The third-order valence-electron chi connectivity index (χ3n) is 4.51. The summed E-state index contributed by atoms with van der Waals surface area (Å²) in [5.74, 6) is 0.687. The lowest BCUT2D eigenvalue weighted by Gasteiger charge is -2.24. The summed E-state index contributed by atoms with van der Waals surface area (Å²) in [4.78, 5) is 9.27. The fraction of sp³-hybridized carbons (Fsp3) is 0.500. The van der Waals surface area contributed by atoms with Crippen molar-refractivity contribution in [2.45, 2.75) is 25.1 Å². The van der Waals surface area contributed by atoms with Crippen LogP contribution in [0, 0.1) is 0 Å². The van der Waals surface area contributed by atoms with E-state index in [4.69, 9.17) is 9.15 Å². The molecule has 2 atom stereocenters. The van der Waals surface area contributed by atoms with E-state index in [9.17, 15) is 0 Å². The molecule has 1 aliphatic heterocycles. The second-order valence-corrected chi connectivity index (χ2v) is 6.39. The van der Waals surface area contributed by atoms with Gasteiger partial charge in [-0.25, -0.2) is 4.98 Å². The smallest absolute Gasteiger partial charge is 0.226 e. The summed E-state index contributed by atoms with van der Waals surface area (Å²) in [5, 5.41) is 0. The van der Waals surface area contributed by atoms with Crippen molar-refractivity contribution >= 4 is 0 Å². The monoisotopic (exact) mass is 315 g/mol. The molecular weight excluding hydrogens is 290 g/mol. The molecule has 1 saturated heterocycles. The molecule has 1 aliphatic rings. The van der Waals surface area contributed by atoms with Crippen molar-refractivity contribution < 1.29 is 9.15 Å². The Labute approximate surface area is 137 Å². The van der Waals surface area contributed by atoms with Crippen molar-refractivity contribution in [2.24, 2.45) is 0 Å². The molecule has 0 saturated carbocycles. The number of hydrogen-bond acceptors (Lipinski definition) is 5. The molecule has 0 spiro atoms.